The fourth-order valence-corrected chi connectivity index (χ4v) is 3.61. The number of carbonyl (C=O) groups excluding carboxylic acids is 4. The van der Waals surface area contributed by atoms with E-state index in [1.807, 2.05) is 6.07 Å². The van der Waals surface area contributed by atoms with E-state index in [0.717, 1.165) is 4.90 Å². The zero-order valence-corrected chi connectivity index (χ0v) is 17.9. The van der Waals surface area contributed by atoms with Gasteiger partial charge in [0.2, 0.25) is 0 Å². The molecule has 0 saturated carbocycles. The van der Waals surface area contributed by atoms with Crippen LogP contribution < -0.4 is 15.8 Å². The number of hydrogen-bond donors (Lipinski definition) is 1. The lowest BCUT2D eigenvalue weighted by Gasteiger charge is -2.15. The zero-order chi connectivity index (χ0) is 23.7. The Morgan fingerprint density at radius 1 is 0.970 bits per heavy atom. The first-order chi connectivity index (χ1) is 15.8. The smallest absolute Gasteiger partial charge is 0.326 e. The molecule has 1 aromatic heterocycles. The van der Waals surface area contributed by atoms with Crippen LogP contribution in [0.5, 0.6) is 0 Å². The lowest BCUT2D eigenvalue weighted by Crippen LogP contribution is -2.36. The minimum Gasteiger partial charge on any atom is -0.454 e. The molecule has 168 valence electrons. The van der Waals surface area contributed by atoms with Gasteiger partial charge in [-0.25, -0.2) is 4.68 Å². The summed E-state index contributed by atoms with van der Waals surface area (Å²) >= 11 is 0. The molecular formula is C23H20N4O6. The van der Waals surface area contributed by atoms with Crippen LogP contribution in [0.1, 0.15) is 16.1 Å². The van der Waals surface area contributed by atoms with Gasteiger partial charge in [-0.05, 0) is 31.2 Å². The first-order valence-electron chi connectivity index (χ1n) is 10.0. The number of nitrogens with one attached hydrogen (secondary N) is 1. The van der Waals surface area contributed by atoms with E-state index in [9.17, 15) is 24.0 Å². The number of esters is 1. The number of Topliss-reactive ketones (excluding diaryl/α,β-unsaturated/α-hetero) is 1. The summed E-state index contributed by atoms with van der Waals surface area (Å²) < 4.78 is 7.98. The number of anilines is 2. The second kappa shape index (κ2) is 8.58. The van der Waals surface area contributed by atoms with Crippen molar-refractivity contribution in [3.63, 3.8) is 0 Å². The van der Waals surface area contributed by atoms with E-state index in [1.165, 1.54) is 10.7 Å². The van der Waals surface area contributed by atoms with Crippen molar-refractivity contribution < 1.29 is 23.9 Å². The quantitative estimate of drug-likeness (QED) is 0.447. The number of aromatic nitrogens is 2. The van der Waals surface area contributed by atoms with Gasteiger partial charge in [-0.15, -0.1) is 0 Å². The second-order valence-electron chi connectivity index (χ2n) is 7.38. The zero-order valence-electron chi connectivity index (χ0n) is 17.9. The molecule has 2 aromatic carbocycles. The van der Waals surface area contributed by atoms with Crippen LogP contribution in [0, 0.1) is 6.92 Å². The Bertz CT molecular complexity index is 1340. The van der Waals surface area contributed by atoms with Gasteiger partial charge in [-0.1, -0.05) is 30.3 Å². The average molecular weight is 448 g/mol. The van der Waals surface area contributed by atoms with Crippen LogP contribution in [0.25, 0.3) is 5.69 Å². The molecule has 0 spiro atoms. The molecule has 2 amide bonds. The van der Waals surface area contributed by atoms with E-state index >= 15 is 0 Å². The number of benzene rings is 2. The number of ketones is 1. The molecule has 1 N–H and O–H groups in total. The third kappa shape index (κ3) is 3.93. The van der Waals surface area contributed by atoms with Crippen molar-refractivity contribution in [2.75, 3.05) is 23.4 Å². The van der Waals surface area contributed by atoms with E-state index in [2.05, 4.69) is 5.32 Å². The maximum Gasteiger partial charge on any atom is 0.326 e. The number of carbonyl (C=O) groups is 4. The molecule has 0 unspecified atom stereocenters. The predicted molar refractivity (Wildman–Crippen MR) is 118 cm³/mol. The summed E-state index contributed by atoms with van der Waals surface area (Å²) in [5.74, 6) is -3.11. The highest BCUT2D eigenvalue weighted by Crippen LogP contribution is 2.28. The van der Waals surface area contributed by atoms with Crippen molar-refractivity contribution in [3.8, 4) is 5.69 Å². The van der Waals surface area contributed by atoms with Gasteiger partial charge in [-0.3, -0.25) is 33.6 Å². The van der Waals surface area contributed by atoms with Crippen LogP contribution in [-0.4, -0.2) is 46.1 Å². The van der Waals surface area contributed by atoms with Gasteiger partial charge < -0.3 is 10.1 Å². The number of fused-ring (bicyclic) bond motifs is 1. The molecule has 1 aliphatic rings. The van der Waals surface area contributed by atoms with Gasteiger partial charge in [0.25, 0.3) is 23.2 Å². The topological polar surface area (TPSA) is 120 Å². The molecule has 10 heteroatoms. The molecule has 10 nitrogen and oxygen atoms in total. The van der Waals surface area contributed by atoms with Gasteiger partial charge in [0.1, 0.15) is 12.2 Å². The fourth-order valence-electron chi connectivity index (χ4n) is 3.61. The SMILES string of the molecule is Cc1c(NC(=O)COC(=O)CN2C(=O)C(=O)c3ccccc32)c(=O)n(-c2ccccc2)n1C. The van der Waals surface area contributed by atoms with E-state index in [-0.39, 0.29) is 11.3 Å². The van der Waals surface area contributed by atoms with E-state index in [1.54, 1.807) is 61.1 Å². The van der Waals surface area contributed by atoms with Gasteiger partial charge in [0.15, 0.2) is 6.61 Å². The standard InChI is InChI=1S/C23H20N4O6/c1-14-20(22(31)27(25(14)2)15-8-4-3-5-9-15)24-18(28)13-33-19(29)12-26-17-11-7-6-10-16(17)21(30)23(26)32/h3-11H,12-13H2,1-2H3,(H,24,28). The second-order valence-corrected chi connectivity index (χ2v) is 7.38. The Kier molecular flexibility index (Phi) is 5.65. The molecule has 0 atom stereocenters. The Hall–Kier alpha value is -4.47. The lowest BCUT2D eigenvalue weighted by atomic mass is 10.1. The number of rotatable bonds is 6. The summed E-state index contributed by atoms with van der Waals surface area (Å²) in [5.41, 5.74) is 1.30. The molecule has 1 aliphatic heterocycles. The molecule has 4 rings (SSSR count). The Morgan fingerprint density at radius 2 is 1.64 bits per heavy atom. The summed E-state index contributed by atoms with van der Waals surface area (Å²) in [5, 5.41) is 2.48. The van der Waals surface area contributed by atoms with Crippen molar-refractivity contribution in [3.05, 3.63) is 76.2 Å². The van der Waals surface area contributed by atoms with Crippen molar-refractivity contribution in [2.24, 2.45) is 7.05 Å². The molecule has 0 aliphatic carbocycles. The van der Waals surface area contributed by atoms with Crippen LogP contribution in [0.15, 0.2) is 59.4 Å². The number of para-hydroxylation sites is 2. The summed E-state index contributed by atoms with van der Waals surface area (Å²) in [6.07, 6.45) is 0. The molecular weight excluding hydrogens is 428 g/mol. The van der Waals surface area contributed by atoms with Crippen molar-refractivity contribution in [1.29, 1.82) is 0 Å². The molecule has 0 fully saturated rings. The highest BCUT2D eigenvalue weighted by Gasteiger charge is 2.36. The Labute approximate surface area is 188 Å². The largest absolute Gasteiger partial charge is 0.454 e. The molecule has 0 bridgehead atoms. The van der Waals surface area contributed by atoms with Gasteiger partial charge >= 0.3 is 5.97 Å². The third-order valence-electron chi connectivity index (χ3n) is 5.35. The highest BCUT2D eigenvalue weighted by molar-refractivity contribution is 6.52. The highest BCUT2D eigenvalue weighted by atomic mass is 16.5. The predicted octanol–water partition coefficient (Wildman–Crippen LogP) is 1.20. The number of nitrogens with zero attached hydrogens (tertiary/aromatic N) is 3. The molecule has 0 saturated heterocycles. The third-order valence-corrected chi connectivity index (χ3v) is 5.35. The van der Waals surface area contributed by atoms with Crippen LogP contribution in [0.3, 0.4) is 0 Å². The summed E-state index contributed by atoms with van der Waals surface area (Å²) in [6, 6.07) is 15.2. The van der Waals surface area contributed by atoms with Crippen LogP contribution in [0.2, 0.25) is 0 Å². The summed E-state index contributed by atoms with van der Waals surface area (Å²) in [4.78, 5) is 62.6. The van der Waals surface area contributed by atoms with E-state index in [0.29, 0.717) is 17.1 Å². The van der Waals surface area contributed by atoms with Gasteiger partial charge in [-0.2, -0.15) is 0 Å². The average Bonchev–Trinajstić information content (AvgIpc) is 3.18. The molecule has 33 heavy (non-hydrogen) atoms. The van der Waals surface area contributed by atoms with Crippen molar-refractivity contribution >= 4 is 34.9 Å². The normalized spacial score (nSPS) is 12.6. The number of hydrogen-bond acceptors (Lipinski definition) is 6. The fraction of sp³-hybridized carbons (Fsp3) is 0.174. The molecule has 3 aromatic rings. The Morgan fingerprint density at radius 3 is 2.36 bits per heavy atom. The summed E-state index contributed by atoms with van der Waals surface area (Å²) in [6.45, 7) is 0.505. The van der Waals surface area contributed by atoms with Gasteiger partial charge in [0, 0.05) is 7.05 Å². The van der Waals surface area contributed by atoms with Crippen molar-refractivity contribution in [1.82, 2.24) is 9.36 Å². The molecule has 0 radical (unpaired) electrons. The number of ether oxygens (including phenoxy) is 1. The minimum absolute atomic E-state index is 0.0663. The molecule has 2 heterocycles. The maximum absolute atomic E-state index is 12.8. The van der Waals surface area contributed by atoms with E-state index < -0.39 is 42.3 Å². The maximum atomic E-state index is 12.8. The van der Waals surface area contributed by atoms with Crippen LogP contribution >= 0.6 is 0 Å². The monoisotopic (exact) mass is 448 g/mol. The van der Waals surface area contributed by atoms with E-state index in [4.69, 9.17) is 4.74 Å². The number of amides is 2. The van der Waals surface area contributed by atoms with Crippen molar-refractivity contribution in [2.45, 2.75) is 6.92 Å². The first kappa shape index (κ1) is 21.8. The van der Waals surface area contributed by atoms with Crippen LogP contribution in [0.4, 0.5) is 11.4 Å². The Balaban J connectivity index is 1.41. The lowest BCUT2D eigenvalue weighted by molar-refractivity contribution is -0.146. The van der Waals surface area contributed by atoms with Crippen LogP contribution in [-0.2, 0) is 26.2 Å². The minimum atomic E-state index is -0.866. The summed E-state index contributed by atoms with van der Waals surface area (Å²) in [7, 11) is 1.69. The van der Waals surface area contributed by atoms with Gasteiger partial charge in [0.05, 0.1) is 22.6 Å². The first-order valence-corrected chi connectivity index (χ1v) is 10.0.